The van der Waals surface area contributed by atoms with Crippen LogP contribution in [-0.2, 0) is 6.42 Å². The van der Waals surface area contributed by atoms with E-state index in [-0.39, 0.29) is 10.8 Å². The van der Waals surface area contributed by atoms with E-state index in [4.69, 9.17) is 34.8 Å². The zero-order valence-electron chi connectivity index (χ0n) is 6.37. The van der Waals surface area contributed by atoms with Crippen molar-refractivity contribution < 1.29 is 5.11 Å². The van der Waals surface area contributed by atoms with Gasteiger partial charge in [-0.05, 0) is 12.0 Å². The van der Waals surface area contributed by atoms with Gasteiger partial charge in [-0.15, -0.1) is 0 Å². The second-order valence-electron chi connectivity index (χ2n) is 2.34. The van der Waals surface area contributed by atoms with Crippen LogP contribution in [0, 0.1) is 0 Å². The average molecular weight is 226 g/mol. The molecule has 0 aliphatic rings. The van der Waals surface area contributed by atoms with E-state index in [1.165, 1.54) is 6.07 Å². The van der Waals surface area contributed by atoms with Gasteiger partial charge in [0.15, 0.2) is 0 Å². The van der Waals surface area contributed by atoms with Crippen molar-refractivity contribution in [3.63, 3.8) is 0 Å². The van der Waals surface area contributed by atoms with Crippen LogP contribution in [-0.4, -0.2) is 5.11 Å². The van der Waals surface area contributed by atoms with E-state index >= 15 is 0 Å². The summed E-state index contributed by atoms with van der Waals surface area (Å²) in [5, 5.41) is 10.3. The van der Waals surface area contributed by atoms with Crippen molar-refractivity contribution >= 4 is 34.8 Å². The van der Waals surface area contributed by atoms with Gasteiger partial charge in [0.1, 0.15) is 5.75 Å². The molecule has 0 aliphatic carbocycles. The van der Waals surface area contributed by atoms with Crippen LogP contribution >= 0.6 is 34.8 Å². The van der Waals surface area contributed by atoms with Gasteiger partial charge >= 0.3 is 0 Å². The third-order valence-corrected chi connectivity index (χ3v) is 2.83. The molecule has 0 aromatic heterocycles. The Kier molecular flexibility index (Phi) is 3.10. The highest BCUT2D eigenvalue weighted by Crippen LogP contribution is 2.38. The maximum atomic E-state index is 9.26. The number of rotatable bonds is 1. The summed E-state index contributed by atoms with van der Waals surface area (Å²) in [7, 11) is 0. The van der Waals surface area contributed by atoms with Crippen LogP contribution in [0.5, 0.6) is 5.75 Å². The van der Waals surface area contributed by atoms with Crippen LogP contribution < -0.4 is 0 Å². The molecule has 66 valence electrons. The first kappa shape index (κ1) is 9.97. The summed E-state index contributed by atoms with van der Waals surface area (Å²) in [6.45, 7) is 1.89. The molecule has 0 bridgehead atoms. The molecule has 1 N–H and O–H groups in total. The molecule has 0 atom stereocenters. The third kappa shape index (κ3) is 1.63. The predicted octanol–water partition coefficient (Wildman–Crippen LogP) is 3.91. The monoisotopic (exact) mass is 224 g/mol. The number of hydrogen-bond donors (Lipinski definition) is 1. The lowest BCUT2D eigenvalue weighted by molar-refractivity contribution is 0.475. The molecule has 12 heavy (non-hydrogen) atoms. The number of halogens is 3. The van der Waals surface area contributed by atoms with E-state index in [1.54, 1.807) is 0 Å². The van der Waals surface area contributed by atoms with Crippen molar-refractivity contribution in [1.29, 1.82) is 0 Å². The van der Waals surface area contributed by atoms with E-state index in [0.29, 0.717) is 22.0 Å². The van der Waals surface area contributed by atoms with Gasteiger partial charge in [0, 0.05) is 6.07 Å². The molecular formula is C8H7Cl3O. The third-order valence-electron chi connectivity index (χ3n) is 1.58. The molecule has 1 aromatic carbocycles. The quantitative estimate of drug-likeness (QED) is 0.719. The van der Waals surface area contributed by atoms with E-state index in [2.05, 4.69) is 0 Å². The number of hydrogen-bond acceptors (Lipinski definition) is 1. The van der Waals surface area contributed by atoms with Crippen LogP contribution in [0.25, 0.3) is 0 Å². The van der Waals surface area contributed by atoms with E-state index in [0.717, 1.165) is 0 Å². The maximum Gasteiger partial charge on any atom is 0.136 e. The molecule has 1 aromatic rings. The lowest BCUT2D eigenvalue weighted by Crippen LogP contribution is -1.86. The van der Waals surface area contributed by atoms with Gasteiger partial charge < -0.3 is 5.11 Å². The Bertz CT molecular complexity index is 283. The highest BCUT2D eigenvalue weighted by Gasteiger charge is 2.12. The summed E-state index contributed by atoms with van der Waals surface area (Å²) in [6.07, 6.45) is 0.645. The second kappa shape index (κ2) is 3.73. The van der Waals surface area contributed by atoms with Gasteiger partial charge in [-0.1, -0.05) is 41.7 Å². The second-order valence-corrected chi connectivity index (χ2v) is 3.50. The minimum absolute atomic E-state index is 0.0251. The number of benzene rings is 1. The first-order valence-corrected chi connectivity index (χ1v) is 4.56. The van der Waals surface area contributed by atoms with Gasteiger partial charge in [0.2, 0.25) is 0 Å². The molecule has 0 amide bonds. The molecule has 1 nitrogen and oxygen atoms in total. The molecule has 0 radical (unpaired) electrons. The molecule has 4 heteroatoms. The van der Waals surface area contributed by atoms with Gasteiger partial charge in [0.25, 0.3) is 0 Å². The van der Waals surface area contributed by atoms with E-state index in [9.17, 15) is 5.11 Å². The molecular weight excluding hydrogens is 218 g/mol. The summed E-state index contributed by atoms with van der Waals surface area (Å²) in [5.74, 6) is -0.0251. The zero-order chi connectivity index (χ0) is 9.30. The Morgan fingerprint density at radius 3 is 2.33 bits per heavy atom. The Hall–Kier alpha value is -0.110. The summed E-state index contributed by atoms with van der Waals surface area (Å²) in [6, 6.07) is 1.34. The largest absolute Gasteiger partial charge is 0.506 e. The first-order valence-electron chi connectivity index (χ1n) is 3.43. The molecule has 0 unspecified atom stereocenters. The normalized spacial score (nSPS) is 10.3. The van der Waals surface area contributed by atoms with Crippen molar-refractivity contribution in [2.75, 3.05) is 0 Å². The average Bonchev–Trinajstić information content (AvgIpc) is 2.02. The van der Waals surface area contributed by atoms with Crippen molar-refractivity contribution in [2.45, 2.75) is 13.3 Å². The van der Waals surface area contributed by atoms with Crippen LogP contribution in [0.2, 0.25) is 15.1 Å². The molecule has 1 rings (SSSR count). The van der Waals surface area contributed by atoms with Gasteiger partial charge in [-0.25, -0.2) is 0 Å². The SMILES string of the molecule is CCc1c(Cl)c(O)cc(Cl)c1Cl. The highest BCUT2D eigenvalue weighted by atomic mass is 35.5. The molecule has 0 saturated carbocycles. The fourth-order valence-corrected chi connectivity index (χ4v) is 1.78. The Labute approximate surface area is 85.9 Å². The van der Waals surface area contributed by atoms with Crippen LogP contribution in [0.15, 0.2) is 6.07 Å². The zero-order valence-corrected chi connectivity index (χ0v) is 8.63. The summed E-state index contributed by atoms with van der Waals surface area (Å²) >= 11 is 17.3. The van der Waals surface area contributed by atoms with Gasteiger partial charge in [-0.3, -0.25) is 0 Å². The Balaban J connectivity index is 3.42. The topological polar surface area (TPSA) is 20.2 Å². The lowest BCUT2D eigenvalue weighted by atomic mass is 10.1. The van der Waals surface area contributed by atoms with E-state index in [1.807, 2.05) is 6.92 Å². The fourth-order valence-electron chi connectivity index (χ4n) is 0.952. The van der Waals surface area contributed by atoms with Crippen molar-refractivity contribution in [3.05, 3.63) is 26.7 Å². The highest BCUT2D eigenvalue weighted by molar-refractivity contribution is 6.44. The standard InChI is InChI=1S/C8H7Cl3O/c1-2-4-7(10)5(9)3-6(12)8(4)11/h3,12H,2H2,1H3. The van der Waals surface area contributed by atoms with Crippen molar-refractivity contribution in [1.82, 2.24) is 0 Å². The van der Waals surface area contributed by atoms with E-state index < -0.39 is 0 Å². The smallest absolute Gasteiger partial charge is 0.136 e. The predicted molar refractivity (Wildman–Crippen MR) is 52.5 cm³/mol. The number of phenolic OH excluding ortho intramolecular Hbond substituents is 1. The Morgan fingerprint density at radius 1 is 1.25 bits per heavy atom. The molecule has 0 aliphatic heterocycles. The van der Waals surface area contributed by atoms with Crippen molar-refractivity contribution in [3.8, 4) is 5.75 Å². The maximum absolute atomic E-state index is 9.26. The molecule has 0 heterocycles. The molecule has 0 spiro atoms. The molecule has 0 saturated heterocycles. The summed E-state index contributed by atoms with van der Waals surface area (Å²) < 4.78 is 0. The summed E-state index contributed by atoms with van der Waals surface area (Å²) in [4.78, 5) is 0. The minimum atomic E-state index is -0.0251. The van der Waals surface area contributed by atoms with Crippen LogP contribution in [0.3, 0.4) is 0 Å². The number of phenols is 1. The first-order chi connectivity index (χ1) is 5.57. The molecule has 0 fully saturated rings. The lowest BCUT2D eigenvalue weighted by Gasteiger charge is -2.07. The Morgan fingerprint density at radius 2 is 1.83 bits per heavy atom. The fraction of sp³-hybridized carbons (Fsp3) is 0.250. The van der Waals surface area contributed by atoms with Crippen LogP contribution in [0.4, 0.5) is 0 Å². The summed E-state index contributed by atoms with van der Waals surface area (Å²) in [5.41, 5.74) is 0.684. The minimum Gasteiger partial charge on any atom is -0.506 e. The van der Waals surface area contributed by atoms with Gasteiger partial charge in [-0.2, -0.15) is 0 Å². The van der Waals surface area contributed by atoms with Crippen LogP contribution in [0.1, 0.15) is 12.5 Å². The number of aromatic hydroxyl groups is 1. The van der Waals surface area contributed by atoms with Crippen molar-refractivity contribution in [2.24, 2.45) is 0 Å². The van der Waals surface area contributed by atoms with Gasteiger partial charge in [0.05, 0.1) is 15.1 Å².